The van der Waals surface area contributed by atoms with Gasteiger partial charge in [0.05, 0.1) is 12.7 Å². The maximum Gasteiger partial charge on any atom is 0.229 e. The standard InChI is InChI=1S/C21H30O10/c1-3-4-11-5-7-12(8-6-11)30-21-19(27)17(25)15(23)13(31-21)9-28-20-18(26)16(24)14(22)10(2)29-20/h3,5-8,10,13-27H,1,4,9H2,2H3/t10-,13+,14+,15-,16+,17+,18-,19-,20-,21-/m1/s1. The van der Waals surface area contributed by atoms with Crippen LogP contribution in [0.25, 0.3) is 0 Å². The van der Waals surface area contributed by atoms with Gasteiger partial charge in [-0.15, -0.1) is 6.58 Å². The molecule has 1 aromatic rings. The van der Waals surface area contributed by atoms with Crippen LogP contribution < -0.4 is 4.74 Å². The van der Waals surface area contributed by atoms with E-state index in [4.69, 9.17) is 18.9 Å². The fourth-order valence-electron chi connectivity index (χ4n) is 3.50. The molecule has 0 radical (unpaired) electrons. The van der Waals surface area contributed by atoms with Crippen LogP contribution in [0.4, 0.5) is 0 Å². The van der Waals surface area contributed by atoms with Crippen molar-refractivity contribution in [3.63, 3.8) is 0 Å². The number of hydrogen-bond donors (Lipinski definition) is 6. The lowest BCUT2D eigenvalue weighted by Gasteiger charge is -2.42. The highest BCUT2D eigenvalue weighted by molar-refractivity contribution is 5.28. The van der Waals surface area contributed by atoms with E-state index in [2.05, 4.69) is 6.58 Å². The van der Waals surface area contributed by atoms with Gasteiger partial charge in [-0.05, 0) is 31.0 Å². The fourth-order valence-corrected chi connectivity index (χ4v) is 3.50. The van der Waals surface area contributed by atoms with E-state index < -0.39 is 61.4 Å². The highest BCUT2D eigenvalue weighted by Gasteiger charge is 2.47. The van der Waals surface area contributed by atoms with Crippen LogP contribution in [-0.2, 0) is 20.6 Å². The summed E-state index contributed by atoms with van der Waals surface area (Å²) in [6.45, 7) is 4.83. The van der Waals surface area contributed by atoms with Crippen LogP contribution in [0.3, 0.4) is 0 Å². The summed E-state index contributed by atoms with van der Waals surface area (Å²) in [7, 11) is 0. The van der Waals surface area contributed by atoms with Crippen LogP contribution in [0, 0.1) is 0 Å². The fraction of sp³-hybridized carbons (Fsp3) is 0.619. The number of aliphatic hydroxyl groups is 6. The van der Waals surface area contributed by atoms with Gasteiger partial charge in [0.15, 0.2) is 6.29 Å². The maximum absolute atomic E-state index is 10.3. The summed E-state index contributed by atoms with van der Waals surface area (Å²) in [4.78, 5) is 0. The summed E-state index contributed by atoms with van der Waals surface area (Å²) < 4.78 is 22.0. The van der Waals surface area contributed by atoms with Gasteiger partial charge in [0, 0.05) is 0 Å². The molecule has 10 nitrogen and oxygen atoms in total. The molecule has 6 N–H and O–H groups in total. The number of hydrogen-bond acceptors (Lipinski definition) is 10. The molecular weight excluding hydrogens is 412 g/mol. The van der Waals surface area contributed by atoms with E-state index in [9.17, 15) is 30.6 Å². The average Bonchev–Trinajstić information content (AvgIpc) is 2.76. The van der Waals surface area contributed by atoms with Crippen LogP contribution in [0.5, 0.6) is 5.75 Å². The van der Waals surface area contributed by atoms with Crippen LogP contribution in [0.2, 0.25) is 0 Å². The van der Waals surface area contributed by atoms with E-state index in [1.807, 2.05) is 12.1 Å². The molecule has 10 heteroatoms. The molecular formula is C21H30O10. The zero-order valence-corrected chi connectivity index (χ0v) is 17.1. The Labute approximate surface area is 179 Å². The molecule has 0 saturated carbocycles. The molecule has 2 fully saturated rings. The van der Waals surface area contributed by atoms with Crippen molar-refractivity contribution in [2.24, 2.45) is 0 Å². The highest BCUT2D eigenvalue weighted by Crippen LogP contribution is 2.27. The number of aliphatic hydroxyl groups excluding tert-OH is 6. The molecule has 3 rings (SSSR count). The molecule has 2 saturated heterocycles. The Bertz CT molecular complexity index is 713. The first-order chi connectivity index (χ1) is 14.7. The average molecular weight is 442 g/mol. The van der Waals surface area contributed by atoms with Gasteiger partial charge in [0.2, 0.25) is 6.29 Å². The first-order valence-corrected chi connectivity index (χ1v) is 10.1. The van der Waals surface area contributed by atoms with E-state index >= 15 is 0 Å². The third kappa shape index (κ3) is 5.43. The van der Waals surface area contributed by atoms with E-state index in [1.165, 1.54) is 6.92 Å². The molecule has 2 heterocycles. The zero-order valence-electron chi connectivity index (χ0n) is 17.1. The van der Waals surface area contributed by atoms with Crippen LogP contribution in [0.1, 0.15) is 12.5 Å². The van der Waals surface area contributed by atoms with Crippen molar-refractivity contribution in [1.82, 2.24) is 0 Å². The second kappa shape index (κ2) is 10.3. The minimum absolute atomic E-state index is 0.347. The predicted octanol–water partition coefficient (Wildman–Crippen LogP) is -1.55. The number of ether oxygens (including phenoxy) is 4. The highest BCUT2D eigenvalue weighted by atomic mass is 16.7. The van der Waals surface area contributed by atoms with Crippen molar-refractivity contribution in [1.29, 1.82) is 0 Å². The molecule has 31 heavy (non-hydrogen) atoms. The van der Waals surface area contributed by atoms with Crippen molar-refractivity contribution in [2.75, 3.05) is 6.61 Å². The Kier molecular flexibility index (Phi) is 8.03. The number of rotatable bonds is 7. The van der Waals surface area contributed by atoms with Crippen molar-refractivity contribution >= 4 is 0 Å². The van der Waals surface area contributed by atoms with Crippen molar-refractivity contribution in [3.8, 4) is 5.75 Å². The van der Waals surface area contributed by atoms with E-state index in [-0.39, 0.29) is 6.61 Å². The first kappa shape index (κ1) is 24.1. The SMILES string of the molecule is C=CCc1ccc(O[C@@H]2O[C@@H](CO[C@@H]3O[C@H](C)[C@H](O)[C@H](O)[C@H]3O)[C@@H](O)[C@H](O)[C@H]2O)cc1. The third-order valence-electron chi connectivity index (χ3n) is 5.46. The van der Waals surface area contributed by atoms with Gasteiger partial charge < -0.3 is 49.6 Å². The lowest BCUT2D eigenvalue weighted by Crippen LogP contribution is -2.61. The third-order valence-corrected chi connectivity index (χ3v) is 5.46. The molecule has 2 aliphatic rings. The second-order valence-corrected chi connectivity index (χ2v) is 7.78. The lowest BCUT2D eigenvalue weighted by molar-refractivity contribution is -0.318. The summed E-state index contributed by atoms with van der Waals surface area (Å²) in [5, 5.41) is 60.4. The molecule has 10 atom stereocenters. The first-order valence-electron chi connectivity index (χ1n) is 10.1. The monoisotopic (exact) mass is 442 g/mol. The zero-order chi connectivity index (χ0) is 22.7. The Morgan fingerprint density at radius 2 is 1.45 bits per heavy atom. The van der Waals surface area contributed by atoms with E-state index in [0.29, 0.717) is 12.2 Å². The maximum atomic E-state index is 10.3. The molecule has 174 valence electrons. The summed E-state index contributed by atoms with van der Waals surface area (Å²) >= 11 is 0. The summed E-state index contributed by atoms with van der Waals surface area (Å²) in [5.74, 6) is 0.386. The van der Waals surface area contributed by atoms with Gasteiger partial charge in [-0.2, -0.15) is 0 Å². The van der Waals surface area contributed by atoms with Gasteiger partial charge in [-0.1, -0.05) is 18.2 Å². The smallest absolute Gasteiger partial charge is 0.229 e. The van der Waals surface area contributed by atoms with Crippen LogP contribution >= 0.6 is 0 Å². The molecule has 1 aromatic carbocycles. The van der Waals surface area contributed by atoms with Crippen LogP contribution in [-0.4, -0.2) is 98.7 Å². The molecule has 0 bridgehead atoms. The quantitative estimate of drug-likeness (QED) is 0.273. The Balaban J connectivity index is 1.62. The summed E-state index contributed by atoms with van der Waals surface area (Å²) in [6.07, 6.45) is -10.9. The Hall–Kier alpha value is -1.60. The van der Waals surface area contributed by atoms with Crippen molar-refractivity contribution < 1.29 is 49.6 Å². The minimum atomic E-state index is -1.57. The topological polar surface area (TPSA) is 158 Å². The Morgan fingerprint density at radius 1 is 0.839 bits per heavy atom. The molecule has 0 unspecified atom stereocenters. The predicted molar refractivity (Wildman–Crippen MR) is 106 cm³/mol. The van der Waals surface area contributed by atoms with Gasteiger partial charge in [-0.25, -0.2) is 0 Å². The van der Waals surface area contributed by atoms with E-state index in [1.54, 1.807) is 18.2 Å². The molecule has 0 spiro atoms. The van der Waals surface area contributed by atoms with Gasteiger partial charge in [-0.3, -0.25) is 0 Å². The largest absolute Gasteiger partial charge is 0.462 e. The summed E-state index contributed by atoms with van der Waals surface area (Å²) in [6, 6.07) is 7.00. The van der Waals surface area contributed by atoms with Crippen LogP contribution in [0.15, 0.2) is 36.9 Å². The normalized spacial score (nSPS) is 41.0. The van der Waals surface area contributed by atoms with Crippen molar-refractivity contribution in [2.45, 2.75) is 74.8 Å². The number of benzene rings is 1. The van der Waals surface area contributed by atoms with Crippen molar-refractivity contribution in [3.05, 3.63) is 42.5 Å². The summed E-state index contributed by atoms with van der Waals surface area (Å²) in [5.41, 5.74) is 1.02. The number of allylic oxidation sites excluding steroid dienone is 1. The minimum Gasteiger partial charge on any atom is -0.462 e. The van der Waals surface area contributed by atoms with E-state index in [0.717, 1.165) is 5.56 Å². The molecule has 2 aliphatic heterocycles. The van der Waals surface area contributed by atoms with Gasteiger partial charge in [0.1, 0.15) is 48.5 Å². The second-order valence-electron chi connectivity index (χ2n) is 7.78. The molecule has 0 aromatic heterocycles. The van der Waals surface area contributed by atoms with Gasteiger partial charge in [0.25, 0.3) is 0 Å². The molecule has 0 amide bonds. The van der Waals surface area contributed by atoms with Gasteiger partial charge >= 0.3 is 0 Å². The Morgan fingerprint density at radius 3 is 2.10 bits per heavy atom. The molecule has 0 aliphatic carbocycles. The lowest BCUT2D eigenvalue weighted by atomic mass is 9.98.